The predicted octanol–water partition coefficient (Wildman–Crippen LogP) is 2.49. The number of hydrogen-bond donors (Lipinski definition) is 1. The standard InChI is InChI=1S/C11H13BrN2O3S/c12-9-8(1-6-18-9)13-10(15)14-3-2-11(7-14)16-4-5-17-11/h1,6H,2-5,7H2,(H,13,15). The Morgan fingerprint density at radius 2 is 2.28 bits per heavy atom. The van der Waals surface area contributed by atoms with Crippen molar-refractivity contribution < 1.29 is 14.3 Å². The van der Waals surface area contributed by atoms with Crippen LogP contribution in [-0.4, -0.2) is 43.0 Å². The molecule has 7 heteroatoms. The molecule has 2 saturated heterocycles. The maximum absolute atomic E-state index is 12.1. The van der Waals surface area contributed by atoms with Crippen LogP contribution < -0.4 is 5.32 Å². The fourth-order valence-electron chi connectivity index (χ4n) is 2.24. The molecule has 98 valence electrons. The van der Waals surface area contributed by atoms with E-state index in [0.29, 0.717) is 26.3 Å². The summed E-state index contributed by atoms with van der Waals surface area (Å²) in [5.74, 6) is -0.552. The van der Waals surface area contributed by atoms with Crippen LogP contribution in [0.4, 0.5) is 10.5 Å². The molecule has 3 heterocycles. The van der Waals surface area contributed by atoms with E-state index < -0.39 is 5.79 Å². The van der Waals surface area contributed by atoms with Crippen LogP contribution in [0.1, 0.15) is 6.42 Å². The van der Waals surface area contributed by atoms with Crippen LogP contribution in [0.3, 0.4) is 0 Å². The van der Waals surface area contributed by atoms with Crippen LogP contribution in [0.25, 0.3) is 0 Å². The van der Waals surface area contributed by atoms with Gasteiger partial charge in [0, 0.05) is 13.0 Å². The number of ether oxygens (including phenoxy) is 2. The molecular formula is C11H13BrN2O3S. The van der Waals surface area contributed by atoms with Crippen LogP contribution in [0, 0.1) is 0 Å². The Hall–Kier alpha value is -0.630. The third kappa shape index (κ3) is 2.27. The first-order valence-corrected chi connectivity index (χ1v) is 7.43. The maximum atomic E-state index is 12.1. The van der Waals surface area contributed by atoms with E-state index in [9.17, 15) is 4.79 Å². The number of likely N-dealkylation sites (tertiary alicyclic amines) is 1. The molecule has 0 radical (unpaired) electrons. The minimum Gasteiger partial charge on any atom is -0.346 e. The van der Waals surface area contributed by atoms with E-state index in [-0.39, 0.29) is 6.03 Å². The van der Waals surface area contributed by atoms with E-state index in [4.69, 9.17) is 9.47 Å². The van der Waals surface area contributed by atoms with Crippen molar-refractivity contribution in [1.82, 2.24) is 4.90 Å². The van der Waals surface area contributed by atoms with E-state index in [1.54, 1.807) is 16.2 Å². The van der Waals surface area contributed by atoms with Gasteiger partial charge in [-0.1, -0.05) is 0 Å². The number of urea groups is 1. The van der Waals surface area contributed by atoms with Crippen molar-refractivity contribution in [2.75, 3.05) is 31.6 Å². The zero-order valence-corrected chi connectivity index (χ0v) is 12.1. The number of rotatable bonds is 1. The number of carbonyl (C=O) groups excluding carboxylic acids is 1. The van der Waals surface area contributed by atoms with Gasteiger partial charge < -0.3 is 19.7 Å². The molecule has 2 aliphatic rings. The number of carbonyl (C=O) groups is 1. The van der Waals surface area contributed by atoms with Gasteiger partial charge in [-0.3, -0.25) is 0 Å². The van der Waals surface area contributed by atoms with Crippen LogP contribution in [0.5, 0.6) is 0 Å². The molecule has 0 saturated carbocycles. The van der Waals surface area contributed by atoms with Gasteiger partial charge in [0.25, 0.3) is 0 Å². The van der Waals surface area contributed by atoms with Crippen molar-refractivity contribution in [1.29, 1.82) is 0 Å². The van der Waals surface area contributed by atoms with Crippen molar-refractivity contribution >= 4 is 39.0 Å². The lowest BCUT2D eigenvalue weighted by Gasteiger charge is -2.22. The van der Waals surface area contributed by atoms with Crippen LogP contribution in [0.2, 0.25) is 0 Å². The second-order valence-electron chi connectivity index (χ2n) is 4.32. The van der Waals surface area contributed by atoms with Crippen molar-refractivity contribution in [3.05, 3.63) is 15.2 Å². The zero-order chi connectivity index (χ0) is 12.6. The highest BCUT2D eigenvalue weighted by atomic mass is 79.9. The molecule has 1 spiro atoms. The third-order valence-corrected chi connectivity index (χ3v) is 4.84. The Labute approximate surface area is 117 Å². The highest BCUT2D eigenvalue weighted by Crippen LogP contribution is 2.32. The van der Waals surface area contributed by atoms with E-state index in [1.165, 1.54) is 0 Å². The molecule has 3 rings (SSSR count). The molecule has 2 fully saturated rings. The van der Waals surface area contributed by atoms with Crippen LogP contribution in [0.15, 0.2) is 15.2 Å². The number of amides is 2. The summed E-state index contributed by atoms with van der Waals surface area (Å²) in [6.45, 7) is 2.39. The first kappa shape index (κ1) is 12.4. The highest BCUT2D eigenvalue weighted by Gasteiger charge is 2.44. The van der Waals surface area contributed by atoms with Crippen molar-refractivity contribution in [2.45, 2.75) is 12.2 Å². The lowest BCUT2D eigenvalue weighted by atomic mass is 10.2. The Morgan fingerprint density at radius 3 is 2.94 bits per heavy atom. The van der Waals surface area contributed by atoms with Crippen molar-refractivity contribution in [3.8, 4) is 0 Å². The summed E-state index contributed by atoms with van der Waals surface area (Å²) >= 11 is 4.94. The molecule has 1 aromatic heterocycles. The average Bonchev–Trinajstić information content (AvgIpc) is 3.05. The number of thiophene rings is 1. The topological polar surface area (TPSA) is 50.8 Å². The number of hydrogen-bond acceptors (Lipinski definition) is 4. The van der Waals surface area contributed by atoms with Crippen LogP contribution >= 0.6 is 27.3 Å². The molecule has 0 aromatic carbocycles. The van der Waals surface area contributed by atoms with Gasteiger partial charge in [-0.2, -0.15) is 0 Å². The molecule has 0 unspecified atom stereocenters. The normalized spacial score (nSPS) is 21.7. The molecule has 0 atom stereocenters. The Morgan fingerprint density at radius 1 is 1.50 bits per heavy atom. The van der Waals surface area contributed by atoms with E-state index in [1.807, 2.05) is 11.4 Å². The van der Waals surface area contributed by atoms with Gasteiger partial charge in [-0.25, -0.2) is 4.79 Å². The summed E-state index contributed by atoms with van der Waals surface area (Å²) in [4.78, 5) is 13.8. The molecule has 2 amide bonds. The number of anilines is 1. The summed E-state index contributed by atoms with van der Waals surface area (Å²) in [5, 5.41) is 4.80. The Balaban J connectivity index is 1.62. The summed E-state index contributed by atoms with van der Waals surface area (Å²) in [6, 6.07) is 1.77. The SMILES string of the molecule is O=C(Nc1ccsc1Br)N1CCC2(C1)OCCO2. The summed E-state index contributed by atoms with van der Waals surface area (Å²) in [5.41, 5.74) is 0.805. The highest BCUT2D eigenvalue weighted by molar-refractivity contribution is 9.11. The second kappa shape index (κ2) is 4.80. The first-order valence-electron chi connectivity index (χ1n) is 5.75. The van der Waals surface area contributed by atoms with Gasteiger partial charge in [-0.15, -0.1) is 11.3 Å². The van der Waals surface area contributed by atoms with Gasteiger partial charge >= 0.3 is 6.03 Å². The fraction of sp³-hybridized carbons (Fsp3) is 0.545. The van der Waals surface area contributed by atoms with E-state index in [2.05, 4.69) is 21.2 Å². The second-order valence-corrected chi connectivity index (χ2v) is 6.55. The molecule has 1 aromatic rings. The first-order chi connectivity index (χ1) is 8.69. The van der Waals surface area contributed by atoms with E-state index in [0.717, 1.165) is 15.9 Å². The molecule has 5 nitrogen and oxygen atoms in total. The van der Waals surface area contributed by atoms with Crippen molar-refractivity contribution in [2.24, 2.45) is 0 Å². The van der Waals surface area contributed by atoms with Gasteiger partial charge in [0.15, 0.2) is 5.79 Å². The molecular weight excluding hydrogens is 320 g/mol. The average molecular weight is 333 g/mol. The summed E-state index contributed by atoms with van der Waals surface area (Å²) < 4.78 is 12.1. The smallest absolute Gasteiger partial charge is 0.322 e. The largest absolute Gasteiger partial charge is 0.346 e. The number of halogens is 1. The quantitative estimate of drug-likeness (QED) is 0.859. The van der Waals surface area contributed by atoms with Gasteiger partial charge in [0.05, 0.1) is 29.2 Å². The molecule has 0 aliphatic carbocycles. The molecule has 0 bridgehead atoms. The van der Waals surface area contributed by atoms with E-state index >= 15 is 0 Å². The Bertz CT molecular complexity index is 459. The molecule has 1 N–H and O–H groups in total. The lowest BCUT2D eigenvalue weighted by Crippen LogP contribution is -2.38. The lowest BCUT2D eigenvalue weighted by molar-refractivity contribution is -0.143. The van der Waals surface area contributed by atoms with Gasteiger partial charge in [-0.05, 0) is 27.4 Å². The third-order valence-electron chi connectivity index (χ3n) is 3.15. The monoisotopic (exact) mass is 332 g/mol. The van der Waals surface area contributed by atoms with Gasteiger partial charge in [0.2, 0.25) is 0 Å². The summed E-state index contributed by atoms with van der Waals surface area (Å²) in [7, 11) is 0. The maximum Gasteiger partial charge on any atom is 0.322 e. The molecule has 2 aliphatic heterocycles. The van der Waals surface area contributed by atoms with Crippen LogP contribution in [-0.2, 0) is 9.47 Å². The predicted molar refractivity (Wildman–Crippen MR) is 71.9 cm³/mol. The van der Waals surface area contributed by atoms with Crippen molar-refractivity contribution in [3.63, 3.8) is 0 Å². The fourth-order valence-corrected chi connectivity index (χ4v) is 3.36. The minimum atomic E-state index is -0.552. The number of nitrogens with one attached hydrogen (secondary N) is 1. The minimum absolute atomic E-state index is 0.106. The Kier molecular flexibility index (Phi) is 3.31. The van der Waals surface area contributed by atoms with Gasteiger partial charge in [0.1, 0.15) is 0 Å². The molecule has 18 heavy (non-hydrogen) atoms. The summed E-state index contributed by atoms with van der Waals surface area (Å²) in [6.07, 6.45) is 0.741. The zero-order valence-electron chi connectivity index (χ0n) is 9.65. The number of nitrogens with zero attached hydrogens (tertiary/aromatic N) is 1.